The summed E-state index contributed by atoms with van der Waals surface area (Å²) in [5.41, 5.74) is 3.00. The molecule has 0 bridgehead atoms. The number of hydrogen-bond acceptors (Lipinski definition) is 6. The smallest absolute Gasteiger partial charge is 0.396 e. The van der Waals surface area contributed by atoms with Crippen LogP contribution in [0.25, 0.3) is 21.4 Å². The third-order valence-electron chi connectivity index (χ3n) is 4.14. The molecule has 0 spiro atoms. The summed E-state index contributed by atoms with van der Waals surface area (Å²) in [7, 11) is 0. The van der Waals surface area contributed by atoms with E-state index in [4.69, 9.17) is 13.9 Å². The highest BCUT2D eigenvalue weighted by atomic mass is 32.1. The number of halogens is 1. The Bertz CT molecular complexity index is 1240. The summed E-state index contributed by atoms with van der Waals surface area (Å²) in [5.74, 6) is -0.387. The highest BCUT2D eigenvalue weighted by Crippen LogP contribution is 2.34. The van der Waals surface area contributed by atoms with Crippen LogP contribution in [-0.2, 0) is 4.79 Å². The molecule has 0 unspecified atom stereocenters. The molecule has 0 aliphatic heterocycles. The van der Waals surface area contributed by atoms with Gasteiger partial charge in [0.25, 0.3) is 0 Å². The Morgan fingerprint density at radius 1 is 1.07 bits per heavy atom. The van der Waals surface area contributed by atoms with Gasteiger partial charge in [0.1, 0.15) is 17.3 Å². The van der Waals surface area contributed by atoms with Crippen LogP contribution in [0.5, 0.6) is 11.5 Å². The zero-order chi connectivity index (χ0) is 20.4. The third-order valence-corrected chi connectivity index (χ3v) is 4.91. The number of fused-ring (bicyclic) bond motifs is 1. The lowest BCUT2D eigenvalue weighted by Crippen LogP contribution is -2.17. The minimum atomic E-state index is -0.625. The third kappa shape index (κ3) is 4.35. The summed E-state index contributed by atoms with van der Waals surface area (Å²) in [6.45, 7) is 1.62. The van der Waals surface area contributed by atoms with Gasteiger partial charge in [0.2, 0.25) is 0 Å². The van der Waals surface area contributed by atoms with Crippen molar-refractivity contribution in [2.45, 2.75) is 6.92 Å². The van der Waals surface area contributed by atoms with Crippen molar-refractivity contribution < 1.29 is 23.1 Å². The van der Waals surface area contributed by atoms with E-state index in [0.717, 1.165) is 22.5 Å². The summed E-state index contributed by atoms with van der Waals surface area (Å²) in [6.07, 6.45) is 0. The molecule has 0 saturated carbocycles. The fourth-order valence-electron chi connectivity index (χ4n) is 2.87. The molecule has 0 radical (unpaired) electrons. The van der Waals surface area contributed by atoms with Crippen LogP contribution in [0.1, 0.15) is 5.56 Å². The minimum Gasteiger partial charge on any atom is -0.482 e. The Hall–Kier alpha value is -3.45. The second-order valence-electron chi connectivity index (χ2n) is 6.34. The lowest BCUT2D eigenvalue weighted by molar-refractivity contribution is -0.136. The van der Waals surface area contributed by atoms with Gasteiger partial charge in [-0.25, -0.2) is 14.0 Å². The second kappa shape index (κ2) is 7.89. The lowest BCUT2D eigenvalue weighted by atomic mass is 10.0. The van der Waals surface area contributed by atoms with Crippen LogP contribution in [0.3, 0.4) is 0 Å². The van der Waals surface area contributed by atoms with Crippen molar-refractivity contribution in [3.8, 4) is 22.6 Å². The van der Waals surface area contributed by atoms with E-state index in [1.807, 2.05) is 31.2 Å². The van der Waals surface area contributed by atoms with Crippen molar-refractivity contribution in [1.29, 1.82) is 0 Å². The summed E-state index contributed by atoms with van der Waals surface area (Å²) in [5, 5.41) is 0. The normalized spacial score (nSPS) is 10.8. The number of esters is 1. The van der Waals surface area contributed by atoms with Gasteiger partial charge in [-0.2, -0.15) is 0 Å². The molecule has 0 aliphatic rings. The van der Waals surface area contributed by atoms with Gasteiger partial charge in [0, 0.05) is 11.6 Å². The molecule has 3 aromatic carbocycles. The molecular formula is C22H15FO5S. The Balaban J connectivity index is 1.59. The summed E-state index contributed by atoms with van der Waals surface area (Å²) >= 11 is 0.938. The maximum Gasteiger partial charge on any atom is 0.396 e. The largest absolute Gasteiger partial charge is 0.482 e. The predicted octanol–water partition coefficient (Wildman–Crippen LogP) is 4.95. The van der Waals surface area contributed by atoms with Crippen LogP contribution >= 0.6 is 11.3 Å². The van der Waals surface area contributed by atoms with Gasteiger partial charge >= 0.3 is 10.9 Å². The molecule has 5 nitrogen and oxygen atoms in total. The van der Waals surface area contributed by atoms with Crippen molar-refractivity contribution in [3.63, 3.8) is 0 Å². The molecule has 7 heteroatoms. The number of carbonyl (C=O) groups excluding carboxylic acids is 1. The molecule has 0 atom stereocenters. The van der Waals surface area contributed by atoms with E-state index in [9.17, 15) is 14.0 Å². The molecule has 4 aromatic rings. The second-order valence-corrected chi connectivity index (χ2v) is 7.32. The summed E-state index contributed by atoms with van der Waals surface area (Å²) < 4.78 is 29.5. The number of ether oxygens (including phenoxy) is 2. The molecule has 29 heavy (non-hydrogen) atoms. The predicted molar refractivity (Wildman–Crippen MR) is 108 cm³/mol. The van der Waals surface area contributed by atoms with Gasteiger partial charge in [0.05, 0.1) is 4.70 Å². The number of aryl methyl sites for hydroxylation is 1. The highest BCUT2D eigenvalue weighted by molar-refractivity contribution is 7.16. The molecule has 1 aromatic heterocycles. The molecule has 0 amide bonds. The molecule has 0 aliphatic carbocycles. The zero-order valence-corrected chi connectivity index (χ0v) is 16.1. The molecule has 0 saturated heterocycles. The van der Waals surface area contributed by atoms with Crippen LogP contribution in [-0.4, -0.2) is 12.6 Å². The van der Waals surface area contributed by atoms with Crippen LogP contribution in [0, 0.1) is 12.7 Å². The Morgan fingerprint density at radius 2 is 1.86 bits per heavy atom. The van der Waals surface area contributed by atoms with E-state index in [0.29, 0.717) is 21.6 Å². The average Bonchev–Trinajstić information content (AvgIpc) is 3.07. The first-order valence-electron chi connectivity index (χ1n) is 8.72. The monoisotopic (exact) mass is 410 g/mol. The minimum absolute atomic E-state index is 0.277. The SMILES string of the molecule is Cc1cccc(-c2cc(OC(=O)COc3ccc(F)cc3)cc3sc(=O)oc23)c1. The first kappa shape index (κ1) is 18.9. The van der Waals surface area contributed by atoms with Crippen LogP contribution in [0.4, 0.5) is 4.39 Å². The van der Waals surface area contributed by atoms with Crippen LogP contribution < -0.4 is 14.4 Å². The average molecular weight is 410 g/mol. The standard InChI is InChI=1S/C22H15FO5S/c1-13-3-2-4-14(9-13)18-10-17(11-19-21(18)28-22(25)29-19)27-20(24)12-26-16-7-5-15(23)6-8-16/h2-11H,12H2,1H3. The van der Waals surface area contributed by atoms with Crippen molar-refractivity contribution in [2.75, 3.05) is 6.61 Å². The zero-order valence-electron chi connectivity index (χ0n) is 15.3. The molecule has 1 heterocycles. The van der Waals surface area contributed by atoms with Gasteiger partial charge in [-0.15, -0.1) is 0 Å². The number of rotatable bonds is 5. The first-order valence-corrected chi connectivity index (χ1v) is 9.53. The van der Waals surface area contributed by atoms with Gasteiger partial charge < -0.3 is 13.9 Å². The van der Waals surface area contributed by atoms with Gasteiger partial charge in [-0.1, -0.05) is 41.2 Å². The molecular weight excluding hydrogens is 395 g/mol. The van der Waals surface area contributed by atoms with Crippen molar-refractivity contribution in [2.24, 2.45) is 0 Å². The fourth-order valence-corrected chi connectivity index (χ4v) is 3.60. The van der Waals surface area contributed by atoms with E-state index in [1.54, 1.807) is 12.1 Å². The van der Waals surface area contributed by atoms with Gasteiger partial charge in [-0.3, -0.25) is 0 Å². The highest BCUT2D eigenvalue weighted by Gasteiger charge is 2.15. The van der Waals surface area contributed by atoms with E-state index in [-0.39, 0.29) is 12.4 Å². The topological polar surface area (TPSA) is 65.7 Å². The van der Waals surface area contributed by atoms with Gasteiger partial charge in [0.15, 0.2) is 12.2 Å². The Morgan fingerprint density at radius 3 is 2.62 bits per heavy atom. The van der Waals surface area contributed by atoms with Crippen LogP contribution in [0.2, 0.25) is 0 Å². The van der Waals surface area contributed by atoms with E-state index in [1.165, 1.54) is 24.3 Å². The Labute approximate surface area is 168 Å². The molecule has 146 valence electrons. The van der Waals surface area contributed by atoms with Crippen molar-refractivity contribution in [1.82, 2.24) is 0 Å². The molecule has 0 N–H and O–H groups in total. The van der Waals surface area contributed by atoms with Crippen LogP contribution in [0.15, 0.2) is 69.9 Å². The van der Waals surface area contributed by atoms with E-state index < -0.39 is 16.7 Å². The number of benzene rings is 3. The summed E-state index contributed by atoms with van der Waals surface area (Å²) in [6, 6.07) is 16.3. The number of carbonyl (C=O) groups is 1. The number of hydrogen-bond donors (Lipinski definition) is 0. The molecule has 4 rings (SSSR count). The van der Waals surface area contributed by atoms with Crippen molar-refractivity contribution in [3.05, 3.63) is 81.8 Å². The van der Waals surface area contributed by atoms with Gasteiger partial charge in [-0.05, 0) is 42.8 Å². The lowest BCUT2D eigenvalue weighted by Gasteiger charge is -2.09. The summed E-state index contributed by atoms with van der Waals surface area (Å²) in [4.78, 5) is 23.5. The van der Waals surface area contributed by atoms with E-state index >= 15 is 0 Å². The maximum absolute atomic E-state index is 12.9. The van der Waals surface area contributed by atoms with Crippen molar-refractivity contribution >= 4 is 27.6 Å². The quantitative estimate of drug-likeness (QED) is 0.344. The van der Waals surface area contributed by atoms with E-state index in [2.05, 4.69) is 0 Å². The first-order chi connectivity index (χ1) is 14.0. The fraction of sp³-hybridized carbons (Fsp3) is 0.0909. The molecule has 0 fully saturated rings. The maximum atomic E-state index is 12.9. The Kier molecular flexibility index (Phi) is 5.14.